The number of nitrogens with zero attached hydrogens (tertiary/aromatic N) is 1. The van der Waals surface area contributed by atoms with Crippen molar-refractivity contribution in [3.8, 4) is 11.5 Å². The van der Waals surface area contributed by atoms with Crippen LogP contribution < -0.4 is 9.64 Å². The standard InChI is InChI=1S/C21H16F3NO3S2/c1-3-5-13-8-12(9-16(28-2)18(13)26)10-17-19(27)25(20(29)30-17)15-7-4-6-14(11-15)21(22,23)24/h3-4,6-11,26H,1,5H2,2H3. The number of benzene rings is 2. The summed E-state index contributed by atoms with van der Waals surface area (Å²) in [5, 5.41) is 10.2. The number of carbonyl (C=O) groups excluding carboxylic acids is 1. The molecule has 0 saturated carbocycles. The second-order valence-corrected chi connectivity index (χ2v) is 7.96. The lowest BCUT2D eigenvalue weighted by molar-refractivity contribution is -0.137. The van der Waals surface area contributed by atoms with E-state index >= 15 is 0 Å². The van der Waals surface area contributed by atoms with E-state index in [4.69, 9.17) is 17.0 Å². The Kier molecular flexibility index (Phi) is 6.23. The first-order chi connectivity index (χ1) is 14.2. The van der Waals surface area contributed by atoms with E-state index in [1.807, 2.05) is 0 Å². The highest BCUT2D eigenvalue weighted by Gasteiger charge is 2.36. The van der Waals surface area contributed by atoms with Gasteiger partial charge in [-0.15, -0.1) is 6.58 Å². The maximum Gasteiger partial charge on any atom is 0.416 e. The molecule has 2 aromatic rings. The number of methoxy groups -OCH3 is 1. The summed E-state index contributed by atoms with van der Waals surface area (Å²) in [7, 11) is 1.41. The molecule has 1 heterocycles. The van der Waals surface area contributed by atoms with Gasteiger partial charge in [0.1, 0.15) is 0 Å². The molecule has 30 heavy (non-hydrogen) atoms. The number of alkyl halides is 3. The molecule has 1 N–H and O–H groups in total. The Morgan fingerprint density at radius 3 is 2.67 bits per heavy atom. The Hall–Kier alpha value is -2.78. The van der Waals surface area contributed by atoms with Crippen LogP contribution in [-0.2, 0) is 17.4 Å². The third-order valence-corrected chi connectivity index (χ3v) is 5.59. The van der Waals surface area contributed by atoms with Gasteiger partial charge in [-0.3, -0.25) is 9.69 Å². The van der Waals surface area contributed by atoms with Gasteiger partial charge in [-0.2, -0.15) is 13.2 Å². The molecule has 2 aromatic carbocycles. The third kappa shape index (κ3) is 4.36. The average Bonchev–Trinajstić information content (AvgIpc) is 2.97. The minimum atomic E-state index is -4.53. The molecule has 0 spiro atoms. The number of aromatic hydroxyl groups is 1. The van der Waals surface area contributed by atoms with Gasteiger partial charge in [0.15, 0.2) is 15.8 Å². The maximum absolute atomic E-state index is 13.0. The predicted octanol–water partition coefficient (Wildman–Crippen LogP) is 5.55. The van der Waals surface area contributed by atoms with Crippen LogP contribution in [0.4, 0.5) is 18.9 Å². The lowest BCUT2D eigenvalue weighted by Crippen LogP contribution is -2.27. The molecule has 0 aromatic heterocycles. The number of anilines is 1. The van der Waals surface area contributed by atoms with Crippen LogP contribution in [0.1, 0.15) is 16.7 Å². The van der Waals surface area contributed by atoms with Crippen LogP contribution in [0.2, 0.25) is 0 Å². The lowest BCUT2D eigenvalue weighted by Gasteiger charge is -2.16. The van der Waals surface area contributed by atoms with Gasteiger partial charge < -0.3 is 9.84 Å². The Bertz CT molecular complexity index is 1060. The zero-order valence-electron chi connectivity index (χ0n) is 15.7. The summed E-state index contributed by atoms with van der Waals surface area (Å²) in [5.41, 5.74) is 0.316. The summed E-state index contributed by atoms with van der Waals surface area (Å²) in [6.07, 6.45) is -0.974. The SMILES string of the molecule is C=CCc1cc(C=C2SC(=S)N(c3cccc(C(F)(F)F)c3)C2=O)cc(OC)c1O. The van der Waals surface area contributed by atoms with Crippen LogP contribution >= 0.6 is 24.0 Å². The topological polar surface area (TPSA) is 49.8 Å². The number of allylic oxidation sites excluding steroid dienone is 1. The second kappa shape index (κ2) is 8.53. The van der Waals surface area contributed by atoms with Gasteiger partial charge in [0.05, 0.1) is 23.3 Å². The van der Waals surface area contributed by atoms with Crippen LogP contribution in [0.25, 0.3) is 6.08 Å². The van der Waals surface area contributed by atoms with Gasteiger partial charge >= 0.3 is 6.18 Å². The van der Waals surface area contributed by atoms with Crippen LogP contribution in [0.5, 0.6) is 11.5 Å². The zero-order valence-corrected chi connectivity index (χ0v) is 17.3. The number of carbonyl (C=O) groups is 1. The van der Waals surface area contributed by atoms with Crippen LogP contribution in [0, 0.1) is 0 Å². The first-order valence-electron chi connectivity index (χ1n) is 8.61. The molecule has 1 aliphatic rings. The minimum Gasteiger partial charge on any atom is -0.504 e. The Balaban J connectivity index is 1.98. The van der Waals surface area contributed by atoms with E-state index in [2.05, 4.69) is 6.58 Å². The molecule has 0 atom stereocenters. The van der Waals surface area contributed by atoms with Gasteiger partial charge in [-0.05, 0) is 48.4 Å². The van der Waals surface area contributed by atoms with E-state index in [9.17, 15) is 23.1 Å². The maximum atomic E-state index is 13.0. The van der Waals surface area contributed by atoms with Crippen molar-refractivity contribution in [1.29, 1.82) is 0 Å². The molecule has 1 fully saturated rings. The molecule has 0 aliphatic carbocycles. The highest BCUT2D eigenvalue weighted by Crippen LogP contribution is 2.39. The molecule has 4 nitrogen and oxygen atoms in total. The van der Waals surface area contributed by atoms with Crippen molar-refractivity contribution < 1.29 is 27.8 Å². The Morgan fingerprint density at radius 1 is 1.30 bits per heavy atom. The number of amides is 1. The third-order valence-electron chi connectivity index (χ3n) is 4.28. The van der Waals surface area contributed by atoms with Crippen molar-refractivity contribution in [3.63, 3.8) is 0 Å². The summed E-state index contributed by atoms with van der Waals surface area (Å²) >= 11 is 6.22. The molecule has 1 saturated heterocycles. The molecule has 9 heteroatoms. The van der Waals surface area contributed by atoms with Crippen molar-refractivity contribution in [3.05, 3.63) is 70.6 Å². The fourth-order valence-electron chi connectivity index (χ4n) is 2.90. The monoisotopic (exact) mass is 451 g/mol. The largest absolute Gasteiger partial charge is 0.504 e. The van der Waals surface area contributed by atoms with E-state index in [0.717, 1.165) is 28.8 Å². The molecule has 0 unspecified atom stereocenters. The molecule has 1 aliphatic heterocycles. The van der Waals surface area contributed by atoms with Gasteiger partial charge in [-0.1, -0.05) is 36.1 Å². The van der Waals surface area contributed by atoms with Gasteiger partial charge in [0, 0.05) is 5.56 Å². The zero-order chi connectivity index (χ0) is 22.1. The average molecular weight is 451 g/mol. The van der Waals surface area contributed by atoms with Gasteiger partial charge in [0.25, 0.3) is 5.91 Å². The van der Waals surface area contributed by atoms with Crippen molar-refractivity contribution in [2.45, 2.75) is 12.6 Å². The summed E-state index contributed by atoms with van der Waals surface area (Å²) in [6.45, 7) is 3.65. The quantitative estimate of drug-likeness (QED) is 0.367. The van der Waals surface area contributed by atoms with Crippen LogP contribution in [0.15, 0.2) is 54.0 Å². The van der Waals surface area contributed by atoms with Crippen LogP contribution in [-0.4, -0.2) is 22.4 Å². The molecule has 0 bridgehead atoms. The van der Waals surface area contributed by atoms with Gasteiger partial charge in [-0.25, -0.2) is 0 Å². The van der Waals surface area contributed by atoms with Crippen molar-refractivity contribution >= 4 is 46.0 Å². The molecule has 156 valence electrons. The van der Waals surface area contributed by atoms with Crippen molar-refractivity contribution in [2.24, 2.45) is 0 Å². The van der Waals surface area contributed by atoms with E-state index in [0.29, 0.717) is 17.5 Å². The first kappa shape index (κ1) is 21.9. The summed E-state index contributed by atoms with van der Waals surface area (Å²) < 4.78 is 44.4. The number of phenolic OH excluding ortho intramolecular Hbond substituents is 1. The number of rotatable bonds is 5. The van der Waals surface area contributed by atoms with E-state index in [-0.39, 0.29) is 26.4 Å². The van der Waals surface area contributed by atoms with Gasteiger partial charge in [0.2, 0.25) is 0 Å². The number of phenols is 1. The van der Waals surface area contributed by atoms with Crippen molar-refractivity contribution in [2.75, 3.05) is 12.0 Å². The molecule has 0 radical (unpaired) electrons. The number of hydrogen-bond acceptors (Lipinski definition) is 5. The van der Waals surface area contributed by atoms with E-state index < -0.39 is 17.6 Å². The minimum absolute atomic E-state index is 0.0222. The summed E-state index contributed by atoms with van der Waals surface area (Å²) in [5.74, 6) is -0.318. The van der Waals surface area contributed by atoms with Crippen LogP contribution in [0.3, 0.4) is 0 Å². The number of ether oxygens (including phenoxy) is 1. The fourth-order valence-corrected chi connectivity index (χ4v) is 4.20. The number of thiocarbonyl (C=S) groups is 1. The number of thioether (sulfide) groups is 1. The summed E-state index contributed by atoms with van der Waals surface area (Å²) in [4.78, 5) is 14.2. The lowest BCUT2D eigenvalue weighted by atomic mass is 10.1. The Morgan fingerprint density at radius 2 is 2.03 bits per heavy atom. The summed E-state index contributed by atoms with van der Waals surface area (Å²) in [6, 6.07) is 7.68. The predicted molar refractivity (Wildman–Crippen MR) is 116 cm³/mol. The Labute approximate surface area is 180 Å². The number of hydrogen-bond donors (Lipinski definition) is 1. The first-order valence-corrected chi connectivity index (χ1v) is 9.84. The highest BCUT2D eigenvalue weighted by atomic mass is 32.2. The van der Waals surface area contributed by atoms with E-state index in [1.165, 1.54) is 19.2 Å². The number of halogens is 3. The fraction of sp³-hybridized carbons (Fsp3) is 0.143. The molecular weight excluding hydrogens is 435 g/mol. The smallest absolute Gasteiger partial charge is 0.416 e. The van der Waals surface area contributed by atoms with E-state index in [1.54, 1.807) is 24.3 Å². The second-order valence-electron chi connectivity index (χ2n) is 6.29. The normalized spacial score (nSPS) is 15.7. The van der Waals surface area contributed by atoms with Crippen molar-refractivity contribution in [1.82, 2.24) is 0 Å². The molecular formula is C21H16F3NO3S2. The molecule has 1 amide bonds. The molecule has 3 rings (SSSR count). The highest BCUT2D eigenvalue weighted by molar-refractivity contribution is 8.27.